The number of carbonyl (C=O) groups excluding carboxylic acids is 2. The molecule has 0 radical (unpaired) electrons. The van der Waals surface area contributed by atoms with Crippen LogP contribution < -0.4 is 5.32 Å². The number of aromatic carboxylic acids is 1. The van der Waals surface area contributed by atoms with Crippen molar-refractivity contribution in [3.8, 4) is 0 Å². The smallest absolute Gasteiger partial charge is 0.355 e. The molecule has 0 saturated carbocycles. The predicted molar refractivity (Wildman–Crippen MR) is 73.4 cm³/mol. The number of methoxy groups -OCH3 is 1. The van der Waals surface area contributed by atoms with Crippen LogP contribution in [0.15, 0.2) is 30.5 Å². The lowest BCUT2D eigenvalue weighted by molar-refractivity contribution is -0.116. The topological polar surface area (TPSA) is 123 Å². The molecule has 0 unspecified atom stereocenters. The predicted octanol–water partition coefficient (Wildman–Crippen LogP) is 0.402. The summed E-state index contributed by atoms with van der Waals surface area (Å²) in [6.07, 6.45) is 1.06. The van der Waals surface area contributed by atoms with E-state index in [9.17, 15) is 14.4 Å². The molecule has 1 aromatic heterocycles. The zero-order valence-electron chi connectivity index (χ0n) is 11.5. The van der Waals surface area contributed by atoms with Crippen LogP contribution in [-0.2, 0) is 16.1 Å². The SMILES string of the molecule is COC(=O)c1ccc(NC(=O)Cn2nncc2C(=O)O)cc1. The molecular weight excluding hydrogens is 292 g/mol. The van der Waals surface area contributed by atoms with Gasteiger partial charge in [0, 0.05) is 5.69 Å². The quantitative estimate of drug-likeness (QED) is 0.766. The Kier molecular flexibility index (Phi) is 4.47. The number of nitrogens with zero attached hydrogens (tertiary/aromatic N) is 3. The fourth-order valence-electron chi connectivity index (χ4n) is 1.68. The number of hydrogen-bond donors (Lipinski definition) is 2. The lowest BCUT2D eigenvalue weighted by Gasteiger charge is -2.06. The fraction of sp³-hybridized carbons (Fsp3) is 0.154. The summed E-state index contributed by atoms with van der Waals surface area (Å²) < 4.78 is 5.54. The van der Waals surface area contributed by atoms with Gasteiger partial charge in [-0.25, -0.2) is 14.3 Å². The van der Waals surface area contributed by atoms with Gasteiger partial charge < -0.3 is 15.2 Å². The molecule has 0 atom stereocenters. The second-order valence-electron chi connectivity index (χ2n) is 4.20. The van der Waals surface area contributed by atoms with Gasteiger partial charge in [-0.3, -0.25) is 4.79 Å². The van der Waals surface area contributed by atoms with Gasteiger partial charge >= 0.3 is 11.9 Å². The number of ether oxygens (including phenoxy) is 1. The van der Waals surface area contributed by atoms with Crippen molar-refractivity contribution in [2.75, 3.05) is 12.4 Å². The van der Waals surface area contributed by atoms with E-state index in [-0.39, 0.29) is 12.2 Å². The highest BCUT2D eigenvalue weighted by atomic mass is 16.5. The van der Waals surface area contributed by atoms with Gasteiger partial charge in [0.25, 0.3) is 0 Å². The maximum Gasteiger partial charge on any atom is 0.355 e. The third-order valence-electron chi connectivity index (χ3n) is 2.72. The highest BCUT2D eigenvalue weighted by Crippen LogP contribution is 2.10. The number of carbonyl (C=O) groups is 3. The van der Waals surface area contributed by atoms with Crippen molar-refractivity contribution in [3.05, 3.63) is 41.7 Å². The van der Waals surface area contributed by atoms with Gasteiger partial charge in [-0.15, -0.1) is 5.10 Å². The summed E-state index contributed by atoms with van der Waals surface area (Å²) in [5.41, 5.74) is 0.621. The lowest BCUT2D eigenvalue weighted by atomic mass is 10.2. The minimum Gasteiger partial charge on any atom is -0.476 e. The summed E-state index contributed by atoms with van der Waals surface area (Å²) in [5.74, 6) is -2.18. The highest BCUT2D eigenvalue weighted by Gasteiger charge is 2.14. The van der Waals surface area contributed by atoms with Crippen molar-refractivity contribution in [1.82, 2.24) is 15.0 Å². The molecule has 9 nitrogen and oxygen atoms in total. The summed E-state index contributed by atoms with van der Waals surface area (Å²) in [4.78, 5) is 34.0. The number of carboxylic acids is 1. The number of anilines is 1. The minimum absolute atomic E-state index is 0.184. The first-order valence-electron chi connectivity index (χ1n) is 6.11. The van der Waals surface area contributed by atoms with Crippen LogP contribution in [0.3, 0.4) is 0 Å². The number of nitrogens with one attached hydrogen (secondary N) is 1. The van der Waals surface area contributed by atoms with Crippen LogP contribution in [0.25, 0.3) is 0 Å². The number of rotatable bonds is 5. The molecule has 2 rings (SSSR count). The molecule has 2 aromatic rings. The fourth-order valence-corrected chi connectivity index (χ4v) is 1.68. The van der Waals surface area contributed by atoms with E-state index in [1.807, 2.05) is 0 Å². The van der Waals surface area contributed by atoms with Crippen LogP contribution in [0.1, 0.15) is 20.8 Å². The Hall–Kier alpha value is -3.23. The first kappa shape index (κ1) is 15.2. The molecule has 1 heterocycles. The summed E-state index contributed by atoms with van der Waals surface area (Å²) in [5, 5.41) is 18.4. The van der Waals surface area contributed by atoms with E-state index in [4.69, 9.17) is 5.11 Å². The van der Waals surface area contributed by atoms with Gasteiger partial charge in [-0.05, 0) is 24.3 Å². The molecule has 0 saturated heterocycles. The van der Waals surface area contributed by atoms with Crippen molar-refractivity contribution < 1.29 is 24.2 Å². The summed E-state index contributed by atoms with van der Waals surface area (Å²) in [7, 11) is 1.27. The Morgan fingerprint density at radius 1 is 1.27 bits per heavy atom. The number of aromatic nitrogens is 3. The molecular formula is C13H12N4O5. The summed E-state index contributed by atoms with van der Waals surface area (Å²) in [6.45, 7) is -0.291. The van der Waals surface area contributed by atoms with Crippen molar-refractivity contribution >= 4 is 23.5 Å². The van der Waals surface area contributed by atoms with E-state index < -0.39 is 17.8 Å². The third-order valence-corrected chi connectivity index (χ3v) is 2.72. The number of amides is 1. The molecule has 114 valence electrons. The van der Waals surface area contributed by atoms with E-state index in [0.717, 1.165) is 10.9 Å². The monoisotopic (exact) mass is 304 g/mol. The van der Waals surface area contributed by atoms with Gasteiger partial charge in [0.1, 0.15) is 6.54 Å². The van der Waals surface area contributed by atoms with E-state index in [1.165, 1.54) is 31.4 Å². The molecule has 0 fully saturated rings. The van der Waals surface area contributed by atoms with E-state index in [0.29, 0.717) is 11.3 Å². The van der Waals surface area contributed by atoms with E-state index >= 15 is 0 Å². The maximum atomic E-state index is 11.8. The average Bonchev–Trinajstić information content (AvgIpc) is 2.95. The number of benzene rings is 1. The Morgan fingerprint density at radius 3 is 2.55 bits per heavy atom. The standard InChI is InChI=1S/C13H12N4O5/c1-22-13(21)8-2-4-9(5-3-8)15-11(18)7-17-10(12(19)20)6-14-16-17/h2-6H,7H2,1H3,(H,15,18)(H,19,20). The minimum atomic E-state index is -1.22. The number of carboxylic acid groups (broad SMARTS) is 1. The Labute approximate surface area is 124 Å². The molecule has 0 aliphatic carbocycles. The second-order valence-corrected chi connectivity index (χ2v) is 4.20. The van der Waals surface area contributed by atoms with Gasteiger partial charge in [0.15, 0.2) is 5.69 Å². The van der Waals surface area contributed by atoms with Gasteiger partial charge in [0.2, 0.25) is 5.91 Å². The van der Waals surface area contributed by atoms with Crippen LogP contribution in [0.2, 0.25) is 0 Å². The largest absolute Gasteiger partial charge is 0.476 e. The first-order chi connectivity index (χ1) is 10.5. The van der Waals surface area contributed by atoms with Gasteiger partial charge in [-0.2, -0.15) is 0 Å². The van der Waals surface area contributed by atoms with Crippen LogP contribution in [0.4, 0.5) is 5.69 Å². The van der Waals surface area contributed by atoms with Crippen LogP contribution in [-0.4, -0.2) is 45.1 Å². The zero-order chi connectivity index (χ0) is 16.1. The Bertz CT molecular complexity index is 707. The first-order valence-corrected chi connectivity index (χ1v) is 6.11. The molecule has 9 heteroatoms. The molecule has 0 bridgehead atoms. The molecule has 0 spiro atoms. The average molecular weight is 304 g/mol. The van der Waals surface area contributed by atoms with Crippen molar-refractivity contribution in [2.24, 2.45) is 0 Å². The van der Waals surface area contributed by atoms with Crippen molar-refractivity contribution in [2.45, 2.75) is 6.54 Å². The van der Waals surface area contributed by atoms with Crippen molar-refractivity contribution in [1.29, 1.82) is 0 Å². The van der Waals surface area contributed by atoms with Crippen molar-refractivity contribution in [3.63, 3.8) is 0 Å². The van der Waals surface area contributed by atoms with Crippen LogP contribution >= 0.6 is 0 Å². The number of hydrogen-bond acceptors (Lipinski definition) is 6. The number of esters is 1. The highest BCUT2D eigenvalue weighted by molar-refractivity contribution is 5.93. The molecule has 1 aromatic carbocycles. The normalized spacial score (nSPS) is 10.0. The summed E-state index contributed by atoms with van der Waals surface area (Å²) >= 11 is 0. The van der Waals surface area contributed by atoms with E-state index in [2.05, 4.69) is 20.4 Å². The third kappa shape index (κ3) is 3.45. The molecule has 2 N–H and O–H groups in total. The Morgan fingerprint density at radius 2 is 1.95 bits per heavy atom. The van der Waals surface area contributed by atoms with Gasteiger partial charge in [0.05, 0.1) is 18.9 Å². The molecule has 22 heavy (non-hydrogen) atoms. The molecule has 0 aliphatic rings. The van der Waals surface area contributed by atoms with Crippen LogP contribution in [0.5, 0.6) is 0 Å². The zero-order valence-corrected chi connectivity index (χ0v) is 11.5. The molecule has 0 aliphatic heterocycles. The maximum absolute atomic E-state index is 11.8. The van der Waals surface area contributed by atoms with Crippen LogP contribution in [0, 0.1) is 0 Å². The molecule has 1 amide bonds. The second kappa shape index (κ2) is 6.48. The van der Waals surface area contributed by atoms with E-state index in [1.54, 1.807) is 0 Å². The lowest BCUT2D eigenvalue weighted by Crippen LogP contribution is -2.22. The van der Waals surface area contributed by atoms with Gasteiger partial charge in [-0.1, -0.05) is 5.21 Å². The Balaban J connectivity index is 2.01. The summed E-state index contributed by atoms with van der Waals surface area (Å²) in [6, 6.07) is 6.06.